The summed E-state index contributed by atoms with van der Waals surface area (Å²) in [5.74, 6) is -1.44. The molecule has 0 unspecified atom stereocenters. The summed E-state index contributed by atoms with van der Waals surface area (Å²) in [5, 5.41) is 20.7. The largest absolute Gasteiger partial charge is 0.458 e. The first kappa shape index (κ1) is 13.8. The highest BCUT2D eigenvalue weighted by molar-refractivity contribution is 5.91. The van der Waals surface area contributed by atoms with Gasteiger partial charge in [-0.3, -0.25) is 0 Å². The molecule has 3 fully saturated rings. The lowest BCUT2D eigenvalue weighted by Gasteiger charge is -2.55. The number of esters is 1. The third-order valence-corrected chi connectivity index (χ3v) is 5.61. The second kappa shape index (κ2) is 4.40. The molecule has 20 heavy (non-hydrogen) atoms. The lowest BCUT2D eigenvalue weighted by atomic mass is 9.52. The number of hydrogen-bond acceptors (Lipinski definition) is 5. The molecule has 0 spiro atoms. The van der Waals surface area contributed by atoms with Crippen LogP contribution in [0.2, 0.25) is 0 Å². The summed E-state index contributed by atoms with van der Waals surface area (Å²) < 4.78 is 5.39. The molecule has 1 aliphatic heterocycles. The maximum Gasteiger partial charge on any atom is 0.334 e. The molecule has 5 heteroatoms. The van der Waals surface area contributed by atoms with E-state index in [1.54, 1.807) is 0 Å². The molecule has 5 nitrogen and oxygen atoms in total. The molecule has 110 valence electrons. The molecule has 0 aromatic carbocycles. The van der Waals surface area contributed by atoms with Crippen molar-refractivity contribution in [3.05, 3.63) is 12.2 Å². The Kier molecular flexibility index (Phi) is 3.03. The van der Waals surface area contributed by atoms with Crippen molar-refractivity contribution in [3.63, 3.8) is 0 Å². The lowest BCUT2D eigenvalue weighted by Crippen LogP contribution is -2.59. The van der Waals surface area contributed by atoms with Crippen LogP contribution in [-0.4, -0.2) is 40.8 Å². The van der Waals surface area contributed by atoms with Gasteiger partial charge in [0.05, 0.1) is 18.1 Å². The molecule has 0 amide bonds. The van der Waals surface area contributed by atoms with E-state index in [2.05, 4.69) is 6.58 Å². The molecule has 1 saturated heterocycles. The topological polar surface area (TPSA) is 83.8 Å². The molecule has 1 heterocycles. The molecule has 0 radical (unpaired) electrons. The fourth-order valence-electron chi connectivity index (χ4n) is 4.55. The minimum absolute atomic E-state index is 0.248. The Morgan fingerprint density at radius 2 is 2.10 bits per heavy atom. The van der Waals surface area contributed by atoms with E-state index in [0.29, 0.717) is 19.3 Å². The predicted molar refractivity (Wildman–Crippen MR) is 69.5 cm³/mol. The second-order valence-corrected chi connectivity index (χ2v) is 6.62. The van der Waals surface area contributed by atoms with Crippen molar-refractivity contribution in [2.75, 3.05) is 0 Å². The van der Waals surface area contributed by atoms with Crippen molar-refractivity contribution < 1.29 is 24.5 Å². The van der Waals surface area contributed by atoms with Gasteiger partial charge in [-0.1, -0.05) is 13.5 Å². The van der Waals surface area contributed by atoms with Gasteiger partial charge < -0.3 is 19.7 Å². The highest BCUT2D eigenvalue weighted by Crippen LogP contribution is 2.57. The standard InChI is InChI=1S/C15H20O5/c1-7-11-9(17)5-15(2)10(18)4-3-8(6-16)12(15)13(11)20-14(7)19/h6,8-13,17-18H,1,3-5H2,2H3/t8-,9-,10+,11+,12+,13-,15-/m0/s1. The summed E-state index contributed by atoms with van der Waals surface area (Å²) in [5.41, 5.74) is -0.316. The summed E-state index contributed by atoms with van der Waals surface area (Å²) in [4.78, 5) is 23.1. The molecule has 0 aromatic rings. The molecule has 2 N–H and O–H groups in total. The minimum atomic E-state index is -0.764. The van der Waals surface area contributed by atoms with Crippen LogP contribution in [0.15, 0.2) is 12.2 Å². The first-order chi connectivity index (χ1) is 9.40. The van der Waals surface area contributed by atoms with Gasteiger partial charge in [0, 0.05) is 22.8 Å². The Morgan fingerprint density at radius 1 is 1.40 bits per heavy atom. The first-order valence-electron chi connectivity index (χ1n) is 7.11. The van der Waals surface area contributed by atoms with Crippen molar-refractivity contribution in [2.24, 2.45) is 23.2 Å². The van der Waals surface area contributed by atoms with Crippen LogP contribution in [0, 0.1) is 23.2 Å². The smallest absolute Gasteiger partial charge is 0.334 e. The molecular formula is C15H20O5. The van der Waals surface area contributed by atoms with E-state index in [1.165, 1.54) is 0 Å². The van der Waals surface area contributed by atoms with E-state index in [9.17, 15) is 19.8 Å². The van der Waals surface area contributed by atoms with E-state index < -0.39 is 35.6 Å². The molecule has 3 rings (SSSR count). The predicted octanol–water partition coefficient (Wildman–Crippen LogP) is 0.441. The number of aliphatic hydroxyl groups is 2. The number of aliphatic hydroxyl groups excluding tert-OH is 2. The summed E-state index contributed by atoms with van der Waals surface area (Å²) in [7, 11) is 0. The van der Waals surface area contributed by atoms with Crippen LogP contribution in [0.25, 0.3) is 0 Å². The third-order valence-electron chi connectivity index (χ3n) is 5.61. The van der Waals surface area contributed by atoms with Crippen LogP contribution in [0.3, 0.4) is 0 Å². The molecule has 0 aromatic heterocycles. The fourth-order valence-corrected chi connectivity index (χ4v) is 4.55. The minimum Gasteiger partial charge on any atom is -0.458 e. The highest BCUT2D eigenvalue weighted by atomic mass is 16.6. The zero-order valence-corrected chi connectivity index (χ0v) is 11.5. The molecule has 2 saturated carbocycles. The monoisotopic (exact) mass is 280 g/mol. The Balaban J connectivity index is 2.05. The lowest BCUT2D eigenvalue weighted by molar-refractivity contribution is -0.185. The number of rotatable bonds is 1. The molecular weight excluding hydrogens is 260 g/mol. The van der Waals surface area contributed by atoms with E-state index in [1.807, 2.05) is 6.92 Å². The number of carbonyl (C=O) groups excluding carboxylic acids is 2. The maximum absolute atomic E-state index is 11.8. The Morgan fingerprint density at radius 3 is 2.75 bits per heavy atom. The van der Waals surface area contributed by atoms with Crippen LogP contribution >= 0.6 is 0 Å². The molecule has 3 aliphatic rings. The van der Waals surface area contributed by atoms with Gasteiger partial charge in [-0.2, -0.15) is 0 Å². The Labute approximate surface area is 117 Å². The third kappa shape index (κ3) is 1.63. The fraction of sp³-hybridized carbons (Fsp3) is 0.733. The van der Waals surface area contributed by atoms with Gasteiger partial charge in [-0.25, -0.2) is 4.79 Å². The Bertz CT molecular complexity index is 473. The number of fused-ring (bicyclic) bond motifs is 3. The van der Waals surface area contributed by atoms with Crippen molar-refractivity contribution in [1.82, 2.24) is 0 Å². The Hall–Kier alpha value is -1.20. The van der Waals surface area contributed by atoms with Crippen molar-refractivity contribution in [2.45, 2.75) is 44.5 Å². The number of ether oxygens (including phenoxy) is 1. The van der Waals surface area contributed by atoms with E-state index in [4.69, 9.17) is 4.74 Å². The average molecular weight is 280 g/mol. The first-order valence-corrected chi connectivity index (χ1v) is 7.11. The van der Waals surface area contributed by atoms with Gasteiger partial charge >= 0.3 is 5.97 Å². The molecule has 0 bridgehead atoms. The number of aldehydes is 1. The molecule has 2 aliphatic carbocycles. The van der Waals surface area contributed by atoms with Crippen LogP contribution in [0.4, 0.5) is 0 Å². The van der Waals surface area contributed by atoms with E-state index in [-0.39, 0.29) is 17.4 Å². The van der Waals surface area contributed by atoms with Gasteiger partial charge in [-0.05, 0) is 19.3 Å². The summed E-state index contributed by atoms with van der Waals surface area (Å²) in [6.07, 6.45) is 0.489. The number of carbonyl (C=O) groups is 2. The van der Waals surface area contributed by atoms with Gasteiger partial charge in [-0.15, -0.1) is 0 Å². The van der Waals surface area contributed by atoms with Crippen LogP contribution in [-0.2, 0) is 14.3 Å². The van der Waals surface area contributed by atoms with Gasteiger partial charge in [0.2, 0.25) is 0 Å². The van der Waals surface area contributed by atoms with Crippen LogP contribution in [0.5, 0.6) is 0 Å². The quantitative estimate of drug-likeness (QED) is 0.414. The highest BCUT2D eigenvalue weighted by Gasteiger charge is 2.62. The van der Waals surface area contributed by atoms with Crippen LogP contribution < -0.4 is 0 Å². The summed E-state index contributed by atoms with van der Waals surface area (Å²) in [6, 6.07) is 0. The summed E-state index contributed by atoms with van der Waals surface area (Å²) in [6.45, 7) is 5.60. The van der Waals surface area contributed by atoms with Crippen molar-refractivity contribution in [1.29, 1.82) is 0 Å². The van der Waals surface area contributed by atoms with E-state index in [0.717, 1.165) is 6.29 Å². The van der Waals surface area contributed by atoms with E-state index >= 15 is 0 Å². The van der Waals surface area contributed by atoms with Gasteiger partial charge in [0.15, 0.2) is 0 Å². The zero-order chi connectivity index (χ0) is 14.7. The van der Waals surface area contributed by atoms with Crippen molar-refractivity contribution >= 4 is 12.3 Å². The summed E-state index contributed by atoms with van der Waals surface area (Å²) >= 11 is 0. The van der Waals surface area contributed by atoms with Gasteiger partial charge in [0.25, 0.3) is 0 Å². The number of hydrogen-bond donors (Lipinski definition) is 2. The van der Waals surface area contributed by atoms with Crippen LogP contribution in [0.1, 0.15) is 26.2 Å². The normalized spacial score (nSPS) is 51.1. The SMILES string of the molecule is C=C1C(=O)O[C@H]2[C@H]1[C@@H](O)C[C@]1(C)[C@@H]2[C@H](C=O)CC[C@H]1O. The zero-order valence-electron chi connectivity index (χ0n) is 11.5. The van der Waals surface area contributed by atoms with Gasteiger partial charge in [0.1, 0.15) is 12.4 Å². The second-order valence-electron chi connectivity index (χ2n) is 6.62. The average Bonchev–Trinajstić information content (AvgIpc) is 2.68. The molecule has 7 atom stereocenters. The van der Waals surface area contributed by atoms with Crippen molar-refractivity contribution in [3.8, 4) is 0 Å². The maximum atomic E-state index is 11.8.